The quantitative estimate of drug-likeness (QED) is 0.623. The van der Waals surface area contributed by atoms with Gasteiger partial charge >= 0.3 is 0 Å². The summed E-state index contributed by atoms with van der Waals surface area (Å²) in [5, 5.41) is 0. The zero-order valence-electron chi connectivity index (χ0n) is 6.95. The number of hydrogen-bond acceptors (Lipinski definition) is 0. The van der Waals surface area contributed by atoms with Crippen molar-refractivity contribution in [3.63, 3.8) is 0 Å². The van der Waals surface area contributed by atoms with Crippen LogP contribution in [0.1, 0.15) is 19.3 Å². The van der Waals surface area contributed by atoms with Crippen LogP contribution in [0.15, 0.2) is 0 Å². The van der Waals surface area contributed by atoms with Crippen LogP contribution in [0.5, 0.6) is 0 Å². The van der Waals surface area contributed by atoms with Gasteiger partial charge in [-0.25, -0.2) is 0 Å². The average molecular weight is 178 g/mol. The Labute approximate surface area is 71.1 Å². The second-order valence-corrected chi connectivity index (χ2v) is 3.42. The predicted octanol–water partition coefficient (Wildman–Crippen LogP) is 2.84. The molecular weight excluding hydrogens is 165 g/mol. The van der Waals surface area contributed by atoms with E-state index < -0.39 is 25.4 Å². The lowest BCUT2D eigenvalue weighted by Gasteiger charge is -2.35. The van der Waals surface area contributed by atoms with Gasteiger partial charge in [-0.3, -0.25) is 13.2 Å². The van der Waals surface area contributed by atoms with Crippen molar-refractivity contribution in [1.29, 1.82) is 0 Å². The maximum absolute atomic E-state index is 12.4. The third-order valence-electron chi connectivity index (χ3n) is 2.39. The van der Waals surface area contributed by atoms with Gasteiger partial charge in [0.2, 0.25) is 0 Å². The van der Waals surface area contributed by atoms with Gasteiger partial charge in [-0.15, -0.1) is 0 Å². The molecule has 1 aliphatic carbocycles. The molecule has 0 unspecified atom stereocenters. The molecular formula is C9H13F3. The fraction of sp³-hybridized carbons (Fsp3) is 0.778. The van der Waals surface area contributed by atoms with Crippen LogP contribution in [0.25, 0.3) is 0 Å². The van der Waals surface area contributed by atoms with Gasteiger partial charge in [0.15, 0.2) is 0 Å². The summed E-state index contributed by atoms with van der Waals surface area (Å²) in [7, 11) is 0. The van der Waals surface area contributed by atoms with Crippen LogP contribution in [-0.4, -0.2) is 20.0 Å². The lowest BCUT2D eigenvalue weighted by atomic mass is 9.71. The maximum atomic E-state index is 12.4. The van der Waals surface area contributed by atoms with Gasteiger partial charge in [0.05, 0.1) is 20.0 Å². The fourth-order valence-electron chi connectivity index (χ4n) is 1.60. The topological polar surface area (TPSA) is 0 Å². The number of rotatable bonds is 3. The van der Waals surface area contributed by atoms with Crippen molar-refractivity contribution in [1.82, 2.24) is 0 Å². The highest BCUT2D eigenvalue weighted by atomic mass is 19.1. The fourth-order valence-corrected chi connectivity index (χ4v) is 1.60. The molecule has 0 aromatic carbocycles. The third-order valence-corrected chi connectivity index (χ3v) is 2.39. The van der Waals surface area contributed by atoms with Crippen molar-refractivity contribution in [2.24, 2.45) is 5.41 Å². The molecule has 0 N–H and O–H groups in total. The second-order valence-electron chi connectivity index (χ2n) is 3.42. The van der Waals surface area contributed by atoms with Crippen LogP contribution in [0, 0.1) is 17.8 Å². The van der Waals surface area contributed by atoms with Gasteiger partial charge in [0, 0.05) is 11.3 Å². The second kappa shape index (κ2) is 4.15. The van der Waals surface area contributed by atoms with Crippen molar-refractivity contribution in [2.45, 2.75) is 19.3 Å². The first-order valence-electron chi connectivity index (χ1n) is 4.15. The minimum absolute atomic E-state index is 0.503. The van der Waals surface area contributed by atoms with E-state index in [-0.39, 0.29) is 0 Å². The maximum Gasteiger partial charge on any atom is 0.0978 e. The summed E-state index contributed by atoms with van der Waals surface area (Å²) in [4.78, 5) is 0. The molecule has 12 heavy (non-hydrogen) atoms. The van der Waals surface area contributed by atoms with Crippen molar-refractivity contribution < 1.29 is 13.2 Å². The van der Waals surface area contributed by atoms with Crippen LogP contribution >= 0.6 is 0 Å². The Morgan fingerprint density at radius 3 is 2.42 bits per heavy atom. The monoisotopic (exact) mass is 178 g/mol. The zero-order valence-corrected chi connectivity index (χ0v) is 6.95. The number of alkyl halides is 3. The molecule has 1 rings (SSSR count). The highest BCUT2D eigenvalue weighted by Gasteiger charge is 2.37. The van der Waals surface area contributed by atoms with E-state index >= 15 is 0 Å². The normalized spacial score (nSPS) is 24.2. The molecule has 70 valence electrons. The summed E-state index contributed by atoms with van der Waals surface area (Å²) < 4.78 is 37.1. The van der Waals surface area contributed by atoms with E-state index in [1.54, 1.807) is 0 Å². The van der Waals surface area contributed by atoms with Gasteiger partial charge in [-0.1, -0.05) is 6.42 Å². The molecule has 3 heteroatoms. The molecule has 0 spiro atoms. The Hall–Kier alpha value is -0.210. The SMILES string of the molecule is FC[C]1[CH]C(CF)(CF)CCC1. The molecule has 0 heterocycles. The van der Waals surface area contributed by atoms with Crippen LogP contribution in [0.4, 0.5) is 13.2 Å². The van der Waals surface area contributed by atoms with E-state index in [2.05, 4.69) is 0 Å². The molecule has 0 nitrogen and oxygen atoms in total. The Balaban J connectivity index is 2.52. The summed E-state index contributed by atoms with van der Waals surface area (Å²) in [6, 6.07) is 0. The Bertz CT molecular complexity index is 132. The highest BCUT2D eigenvalue weighted by molar-refractivity contribution is 5.15. The first-order valence-corrected chi connectivity index (χ1v) is 4.15. The molecule has 0 saturated heterocycles. The van der Waals surface area contributed by atoms with Crippen molar-refractivity contribution in [2.75, 3.05) is 20.0 Å². The van der Waals surface area contributed by atoms with Crippen molar-refractivity contribution in [3.05, 3.63) is 12.3 Å². The van der Waals surface area contributed by atoms with Crippen LogP contribution in [0.3, 0.4) is 0 Å². The summed E-state index contributed by atoms with van der Waals surface area (Å²) in [5.74, 6) is 0.552. The van der Waals surface area contributed by atoms with Gasteiger partial charge in [0.1, 0.15) is 0 Å². The Morgan fingerprint density at radius 2 is 1.92 bits per heavy atom. The van der Waals surface area contributed by atoms with Gasteiger partial charge in [-0.2, -0.15) is 0 Å². The lowest BCUT2D eigenvalue weighted by molar-refractivity contribution is 0.153. The standard InChI is InChI=1S/C9H13F3/c10-5-8-2-1-3-9(4-8,6-11)7-12/h4H,1-3,5-7H2. The summed E-state index contributed by atoms with van der Waals surface area (Å²) in [6.45, 7) is -2.00. The van der Waals surface area contributed by atoms with Crippen LogP contribution in [0.2, 0.25) is 0 Å². The molecule has 0 aromatic rings. The van der Waals surface area contributed by atoms with E-state index in [0.717, 1.165) is 0 Å². The molecule has 2 radical (unpaired) electrons. The van der Waals surface area contributed by atoms with Gasteiger partial charge < -0.3 is 0 Å². The predicted molar refractivity (Wildman–Crippen MR) is 41.8 cm³/mol. The number of hydrogen-bond donors (Lipinski definition) is 0. The van der Waals surface area contributed by atoms with Crippen LogP contribution in [-0.2, 0) is 0 Å². The Kier molecular flexibility index (Phi) is 3.41. The van der Waals surface area contributed by atoms with E-state index in [1.807, 2.05) is 0 Å². The molecule has 0 aliphatic heterocycles. The first kappa shape index (κ1) is 9.87. The molecule has 0 bridgehead atoms. The van der Waals surface area contributed by atoms with E-state index in [0.29, 0.717) is 25.2 Å². The van der Waals surface area contributed by atoms with Crippen molar-refractivity contribution >= 4 is 0 Å². The molecule has 0 atom stereocenters. The van der Waals surface area contributed by atoms with Crippen LogP contribution < -0.4 is 0 Å². The van der Waals surface area contributed by atoms with Gasteiger partial charge in [0.25, 0.3) is 0 Å². The number of halogens is 3. The summed E-state index contributed by atoms with van der Waals surface area (Å²) in [6.07, 6.45) is 3.31. The highest BCUT2D eigenvalue weighted by Crippen LogP contribution is 2.40. The summed E-state index contributed by atoms with van der Waals surface area (Å²) >= 11 is 0. The smallest absolute Gasteiger partial charge is 0.0978 e. The molecule has 1 aliphatic rings. The largest absolute Gasteiger partial charge is 0.250 e. The average Bonchev–Trinajstić information content (AvgIpc) is 2.18. The lowest BCUT2D eigenvalue weighted by Crippen LogP contribution is -2.33. The first-order chi connectivity index (χ1) is 5.76. The molecule has 0 amide bonds. The molecule has 1 fully saturated rings. The Morgan fingerprint density at radius 1 is 1.25 bits per heavy atom. The summed E-state index contributed by atoms with van der Waals surface area (Å²) in [5.41, 5.74) is -1.00. The van der Waals surface area contributed by atoms with E-state index in [4.69, 9.17) is 0 Å². The van der Waals surface area contributed by atoms with E-state index in [9.17, 15) is 13.2 Å². The minimum atomic E-state index is -1.00. The minimum Gasteiger partial charge on any atom is -0.250 e. The van der Waals surface area contributed by atoms with E-state index in [1.165, 1.54) is 6.42 Å². The zero-order chi connectivity index (χ0) is 9.03. The van der Waals surface area contributed by atoms with Crippen molar-refractivity contribution in [3.8, 4) is 0 Å². The molecule has 1 saturated carbocycles. The third kappa shape index (κ3) is 1.93. The van der Waals surface area contributed by atoms with Gasteiger partial charge in [-0.05, 0) is 19.3 Å². The molecule has 0 aromatic heterocycles.